The number of carbonyl (C=O) groups excluding carboxylic acids is 2. The molecule has 1 fully saturated rings. The Hall–Kier alpha value is -3.12. The lowest BCUT2D eigenvalue weighted by Gasteiger charge is -2.10. The molecule has 0 atom stereocenters. The first-order chi connectivity index (χ1) is 14.6. The summed E-state index contributed by atoms with van der Waals surface area (Å²) < 4.78 is 5.50. The standard InChI is InChI=1S/C23H22ClN3O3/c24-21-13-19(18-3-1-2-4-20(18)27-21)23(29)25-12-11-15-5-9-17(10-6-15)30-14-22(28)26-16-7-8-16/h1-6,9-10,13,16H,7-8,11-12,14H2,(H,25,29)(H,26,28). The van der Waals surface area contributed by atoms with Crippen molar-refractivity contribution in [1.29, 1.82) is 0 Å². The summed E-state index contributed by atoms with van der Waals surface area (Å²) in [5.74, 6) is 0.372. The highest BCUT2D eigenvalue weighted by Crippen LogP contribution is 2.21. The number of nitrogens with one attached hydrogen (secondary N) is 2. The number of fused-ring (bicyclic) bond motifs is 1. The lowest BCUT2D eigenvalue weighted by molar-refractivity contribution is -0.123. The summed E-state index contributed by atoms with van der Waals surface area (Å²) in [6.45, 7) is 0.505. The number of carbonyl (C=O) groups is 2. The summed E-state index contributed by atoms with van der Waals surface area (Å²) in [5.41, 5.74) is 2.26. The highest BCUT2D eigenvalue weighted by atomic mass is 35.5. The normalized spacial score (nSPS) is 13.1. The van der Waals surface area contributed by atoms with Crippen molar-refractivity contribution < 1.29 is 14.3 Å². The van der Waals surface area contributed by atoms with Gasteiger partial charge in [-0.25, -0.2) is 4.98 Å². The van der Waals surface area contributed by atoms with Crippen molar-refractivity contribution in [2.75, 3.05) is 13.2 Å². The van der Waals surface area contributed by atoms with Gasteiger partial charge in [-0.1, -0.05) is 41.9 Å². The second kappa shape index (κ2) is 9.13. The van der Waals surface area contributed by atoms with E-state index in [4.69, 9.17) is 16.3 Å². The summed E-state index contributed by atoms with van der Waals surface area (Å²) in [5, 5.41) is 6.88. The first kappa shape index (κ1) is 20.2. The summed E-state index contributed by atoms with van der Waals surface area (Å²) in [6, 6.07) is 16.9. The van der Waals surface area contributed by atoms with E-state index in [0.29, 0.717) is 41.0 Å². The summed E-state index contributed by atoms with van der Waals surface area (Å²) in [4.78, 5) is 28.5. The number of rotatable bonds is 8. The van der Waals surface area contributed by atoms with Gasteiger partial charge in [-0.2, -0.15) is 0 Å². The van der Waals surface area contributed by atoms with Crippen molar-refractivity contribution in [1.82, 2.24) is 15.6 Å². The molecule has 1 heterocycles. The topological polar surface area (TPSA) is 80.3 Å². The molecule has 2 aromatic carbocycles. The van der Waals surface area contributed by atoms with Crippen LogP contribution in [0.2, 0.25) is 5.15 Å². The van der Waals surface area contributed by atoms with Gasteiger partial charge in [-0.15, -0.1) is 0 Å². The first-order valence-electron chi connectivity index (χ1n) is 9.93. The molecule has 6 nitrogen and oxygen atoms in total. The van der Waals surface area contributed by atoms with Gasteiger partial charge < -0.3 is 15.4 Å². The summed E-state index contributed by atoms with van der Waals surface area (Å²) in [6.07, 6.45) is 2.79. The van der Waals surface area contributed by atoms with Crippen LogP contribution in [0.5, 0.6) is 5.75 Å². The molecule has 0 bridgehead atoms. The minimum atomic E-state index is -0.183. The van der Waals surface area contributed by atoms with E-state index in [-0.39, 0.29) is 18.4 Å². The molecule has 30 heavy (non-hydrogen) atoms. The summed E-state index contributed by atoms with van der Waals surface area (Å²) in [7, 11) is 0. The smallest absolute Gasteiger partial charge is 0.258 e. The Labute approximate surface area is 179 Å². The predicted molar refractivity (Wildman–Crippen MR) is 116 cm³/mol. The van der Waals surface area contributed by atoms with Crippen LogP contribution in [0.25, 0.3) is 10.9 Å². The quantitative estimate of drug-likeness (QED) is 0.543. The highest BCUT2D eigenvalue weighted by Gasteiger charge is 2.23. The van der Waals surface area contributed by atoms with Crippen molar-refractivity contribution in [3.63, 3.8) is 0 Å². The van der Waals surface area contributed by atoms with Gasteiger partial charge in [-0.05, 0) is 49.1 Å². The second-order valence-corrected chi connectivity index (χ2v) is 7.68. The molecular weight excluding hydrogens is 402 g/mol. The van der Waals surface area contributed by atoms with Gasteiger partial charge in [0.1, 0.15) is 10.9 Å². The van der Waals surface area contributed by atoms with Gasteiger partial charge >= 0.3 is 0 Å². The number of halogens is 1. The molecule has 3 aromatic rings. The van der Waals surface area contributed by atoms with Crippen LogP contribution < -0.4 is 15.4 Å². The molecule has 4 rings (SSSR count). The van der Waals surface area contributed by atoms with Crippen molar-refractivity contribution >= 4 is 34.3 Å². The maximum absolute atomic E-state index is 12.6. The van der Waals surface area contributed by atoms with Crippen molar-refractivity contribution in [2.24, 2.45) is 0 Å². The fourth-order valence-electron chi connectivity index (χ4n) is 3.14. The third kappa shape index (κ3) is 5.27. The molecule has 7 heteroatoms. The van der Waals surface area contributed by atoms with E-state index in [1.807, 2.05) is 48.5 Å². The number of hydrogen-bond acceptors (Lipinski definition) is 4. The molecule has 0 radical (unpaired) electrons. The van der Waals surface area contributed by atoms with Gasteiger partial charge in [0, 0.05) is 18.0 Å². The van der Waals surface area contributed by atoms with Crippen molar-refractivity contribution in [3.8, 4) is 5.75 Å². The fourth-order valence-corrected chi connectivity index (χ4v) is 3.34. The van der Waals surface area contributed by atoms with Gasteiger partial charge in [0.05, 0.1) is 11.1 Å². The van der Waals surface area contributed by atoms with Crippen LogP contribution in [0.4, 0.5) is 0 Å². The van der Waals surface area contributed by atoms with Crippen molar-refractivity contribution in [3.05, 3.63) is 70.9 Å². The second-order valence-electron chi connectivity index (χ2n) is 7.29. The fraction of sp³-hybridized carbons (Fsp3) is 0.261. The number of aromatic nitrogens is 1. The molecule has 0 saturated heterocycles. The van der Waals surface area contributed by atoms with Crippen molar-refractivity contribution in [2.45, 2.75) is 25.3 Å². The lowest BCUT2D eigenvalue weighted by Crippen LogP contribution is -2.30. The molecule has 1 aliphatic rings. The molecule has 2 amide bonds. The number of pyridine rings is 1. The zero-order chi connectivity index (χ0) is 20.9. The Morgan fingerprint density at radius 3 is 2.63 bits per heavy atom. The van der Waals surface area contributed by atoms with Crippen LogP contribution >= 0.6 is 11.6 Å². The average molecular weight is 424 g/mol. The Morgan fingerprint density at radius 2 is 1.87 bits per heavy atom. The van der Waals surface area contributed by atoms with E-state index in [9.17, 15) is 9.59 Å². The van der Waals surface area contributed by atoms with Gasteiger partial charge in [0.2, 0.25) is 0 Å². The minimum Gasteiger partial charge on any atom is -0.484 e. The number of hydrogen-bond donors (Lipinski definition) is 2. The van der Waals surface area contributed by atoms with E-state index >= 15 is 0 Å². The average Bonchev–Trinajstić information content (AvgIpc) is 3.56. The number of benzene rings is 2. The van der Waals surface area contributed by atoms with Crippen LogP contribution in [0.1, 0.15) is 28.8 Å². The highest BCUT2D eigenvalue weighted by molar-refractivity contribution is 6.30. The SMILES string of the molecule is O=C(COc1ccc(CCNC(=O)c2cc(Cl)nc3ccccc23)cc1)NC1CC1. The number of para-hydroxylation sites is 1. The maximum atomic E-state index is 12.6. The molecule has 1 aliphatic carbocycles. The van der Waals surface area contributed by atoms with Gasteiger partial charge in [0.25, 0.3) is 11.8 Å². The molecule has 0 aliphatic heterocycles. The van der Waals surface area contributed by atoms with Crippen LogP contribution in [-0.4, -0.2) is 36.0 Å². The van der Waals surface area contributed by atoms with Crippen LogP contribution in [0.15, 0.2) is 54.6 Å². The third-order valence-corrected chi connectivity index (χ3v) is 5.06. The Kier molecular flexibility index (Phi) is 6.14. The molecule has 0 unspecified atom stereocenters. The minimum absolute atomic E-state index is 0.0222. The van der Waals surface area contributed by atoms with E-state index in [2.05, 4.69) is 15.6 Å². The Morgan fingerprint density at radius 1 is 1.10 bits per heavy atom. The van der Waals surface area contributed by atoms with Gasteiger partial charge in [-0.3, -0.25) is 9.59 Å². The van der Waals surface area contributed by atoms with E-state index in [0.717, 1.165) is 23.8 Å². The lowest BCUT2D eigenvalue weighted by atomic mass is 10.1. The zero-order valence-corrected chi connectivity index (χ0v) is 17.1. The molecule has 0 spiro atoms. The number of amides is 2. The molecule has 1 aromatic heterocycles. The van der Waals surface area contributed by atoms with Crippen LogP contribution in [0.3, 0.4) is 0 Å². The molecule has 154 valence electrons. The maximum Gasteiger partial charge on any atom is 0.258 e. The molecule has 2 N–H and O–H groups in total. The third-order valence-electron chi connectivity index (χ3n) is 4.86. The summed E-state index contributed by atoms with van der Waals surface area (Å²) >= 11 is 6.06. The molecule has 1 saturated carbocycles. The van der Waals surface area contributed by atoms with E-state index in [1.54, 1.807) is 6.07 Å². The Bertz CT molecular complexity index is 1060. The first-order valence-corrected chi connectivity index (χ1v) is 10.3. The monoisotopic (exact) mass is 423 g/mol. The van der Waals surface area contributed by atoms with Gasteiger partial charge in [0.15, 0.2) is 6.61 Å². The van der Waals surface area contributed by atoms with Crippen LogP contribution in [-0.2, 0) is 11.2 Å². The Balaban J connectivity index is 1.28. The van der Waals surface area contributed by atoms with E-state index in [1.165, 1.54) is 0 Å². The zero-order valence-electron chi connectivity index (χ0n) is 16.4. The largest absolute Gasteiger partial charge is 0.484 e. The molecular formula is C23H22ClN3O3. The van der Waals surface area contributed by atoms with Crippen LogP contribution in [0, 0.1) is 0 Å². The predicted octanol–water partition coefficient (Wildman–Crippen LogP) is 3.52. The number of ether oxygens (including phenoxy) is 1. The van der Waals surface area contributed by atoms with E-state index < -0.39 is 0 Å². The number of nitrogens with zero attached hydrogens (tertiary/aromatic N) is 1.